The number of aromatic nitrogens is 1. The van der Waals surface area contributed by atoms with E-state index in [-0.39, 0.29) is 12.3 Å². The molecule has 2 aromatic rings. The molecule has 0 aliphatic carbocycles. The first-order chi connectivity index (χ1) is 14.7. The van der Waals surface area contributed by atoms with Gasteiger partial charge in [-0.2, -0.15) is 13.2 Å². The van der Waals surface area contributed by atoms with E-state index in [0.29, 0.717) is 49.2 Å². The van der Waals surface area contributed by atoms with Crippen LogP contribution in [0.25, 0.3) is 5.69 Å². The lowest BCUT2D eigenvalue weighted by atomic mass is 10.2. The molecular formula is C20H22F3N3O5. The van der Waals surface area contributed by atoms with E-state index in [4.69, 9.17) is 15.2 Å². The average Bonchev–Trinajstić information content (AvgIpc) is 2.72. The third kappa shape index (κ3) is 5.63. The van der Waals surface area contributed by atoms with Crippen molar-refractivity contribution >= 4 is 5.91 Å². The van der Waals surface area contributed by atoms with Crippen LogP contribution in [-0.4, -0.2) is 66.0 Å². The molecule has 11 heteroatoms. The Morgan fingerprint density at radius 3 is 2.39 bits per heavy atom. The topological polar surface area (TPSA) is 107 Å². The molecule has 0 radical (unpaired) electrons. The SMILES string of the molecule is NC(=O)c1ccc(C(F)(F)F)n(-c2ccc(OCC(O)CN3CCOCC3)cc2)c1=O. The maximum Gasteiger partial charge on any atom is 0.431 e. The predicted octanol–water partition coefficient (Wildman–Crippen LogP) is 1.03. The number of morpholine rings is 1. The molecule has 1 aromatic carbocycles. The highest BCUT2D eigenvalue weighted by Crippen LogP contribution is 2.30. The zero-order valence-corrected chi connectivity index (χ0v) is 16.5. The molecule has 1 unspecified atom stereocenters. The lowest BCUT2D eigenvalue weighted by Gasteiger charge is -2.28. The molecule has 2 heterocycles. The second-order valence-corrected chi connectivity index (χ2v) is 7.01. The minimum absolute atomic E-state index is 0.0123. The number of hydrogen-bond acceptors (Lipinski definition) is 6. The van der Waals surface area contributed by atoms with Crippen molar-refractivity contribution in [2.45, 2.75) is 12.3 Å². The number of primary amides is 1. The van der Waals surface area contributed by atoms with Crippen LogP contribution in [0.3, 0.4) is 0 Å². The van der Waals surface area contributed by atoms with Crippen LogP contribution < -0.4 is 16.0 Å². The van der Waals surface area contributed by atoms with Crippen molar-refractivity contribution in [1.82, 2.24) is 9.47 Å². The summed E-state index contributed by atoms with van der Waals surface area (Å²) in [6.07, 6.45) is -5.59. The summed E-state index contributed by atoms with van der Waals surface area (Å²) < 4.78 is 51.3. The minimum atomic E-state index is -4.83. The standard InChI is InChI=1S/C20H22F3N3O5/c21-20(22,23)17-6-5-16(18(24)28)19(29)26(17)13-1-3-15(4-2-13)31-12-14(27)11-25-7-9-30-10-8-25/h1-6,14,27H,7-12H2,(H2,24,28). The van der Waals surface area contributed by atoms with E-state index in [2.05, 4.69) is 0 Å². The first-order valence-electron chi connectivity index (χ1n) is 9.51. The highest BCUT2D eigenvalue weighted by atomic mass is 19.4. The number of alkyl halides is 3. The first kappa shape index (κ1) is 22.8. The summed E-state index contributed by atoms with van der Waals surface area (Å²) in [7, 11) is 0. The van der Waals surface area contributed by atoms with Gasteiger partial charge in [0.05, 0.1) is 13.2 Å². The summed E-state index contributed by atoms with van der Waals surface area (Å²) >= 11 is 0. The van der Waals surface area contributed by atoms with Gasteiger partial charge in [0.25, 0.3) is 11.5 Å². The van der Waals surface area contributed by atoms with Crippen LogP contribution >= 0.6 is 0 Å². The van der Waals surface area contributed by atoms with Crippen molar-refractivity contribution in [2.24, 2.45) is 5.73 Å². The number of pyridine rings is 1. The molecule has 0 bridgehead atoms. The van der Waals surface area contributed by atoms with Gasteiger partial charge in [0.2, 0.25) is 0 Å². The van der Waals surface area contributed by atoms with E-state index in [0.717, 1.165) is 6.07 Å². The maximum atomic E-state index is 13.4. The van der Waals surface area contributed by atoms with Crippen molar-refractivity contribution in [2.75, 3.05) is 39.5 Å². The highest BCUT2D eigenvalue weighted by Gasteiger charge is 2.35. The summed E-state index contributed by atoms with van der Waals surface area (Å²) in [5.41, 5.74) is 2.02. The number of nitrogens with zero attached hydrogens (tertiary/aromatic N) is 2. The fourth-order valence-corrected chi connectivity index (χ4v) is 3.22. The molecule has 1 aliphatic heterocycles. The van der Waals surface area contributed by atoms with E-state index < -0.39 is 35.0 Å². The number of rotatable bonds is 7. The monoisotopic (exact) mass is 441 g/mol. The van der Waals surface area contributed by atoms with Crippen molar-refractivity contribution in [3.8, 4) is 11.4 Å². The second-order valence-electron chi connectivity index (χ2n) is 7.01. The van der Waals surface area contributed by atoms with Crippen LogP contribution in [0.2, 0.25) is 0 Å². The van der Waals surface area contributed by atoms with Crippen LogP contribution in [0.5, 0.6) is 5.75 Å². The van der Waals surface area contributed by atoms with Crippen molar-refractivity contribution in [1.29, 1.82) is 0 Å². The van der Waals surface area contributed by atoms with Crippen LogP contribution in [0.4, 0.5) is 13.2 Å². The second kappa shape index (κ2) is 9.50. The van der Waals surface area contributed by atoms with Crippen LogP contribution in [0.15, 0.2) is 41.2 Å². The molecule has 1 aliphatic rings. The molecule has 1 saturated heterocycles. The molecule has 0 spiro atoms. The third-order valence-corrected chi connectivity index (χ3v) is 4.75. The van der Waals surface area contributed by atoms with Crippen molar-refractivity contribution in [3.05, 3.63) is 58.0 Å². The number of ether oxygens (including phenoxy) is 2. The third-order valence-electron chi connectivity index (χ3n) is 4.75. The summed E-state index contributed by atoms with van der Waals surface area (Å²) in [5, 5.41) is 10.1. The molecule has 168 valence electrons. The van der Waals surface area contributed by atoms with Crippen molar-refractivity contribution in [3.63, 3.8) is 0 Å². The lowest BCUT2D eigenvalue weighted by Crippen LogP contribution is -2.42. The van der Waals surface area contributed by atoms with E-state index in [1.54, 1.807) is 0 Å². The Balaban J connectivity index is 1.75. The molecule has 3 N–H and O–H groups in total. The average molecular weight is 441 g/mol. The number of nitrogens with two attached hydrogens (primary N) is 1. The summed E-state index contributed by atoms with van der Waals surface area (Å²) in [4.78, 5) is 25.9. The summed E-state index contributed by atoms with van der Waals surface area (Å²) in [6, 6.07) is 6.65. The molecule has 1 amide bonds. The van der Waals surface area contributed by atoms with Gasteiger partial charge >= 0.3 is 6.18 Å². The molecule has 0 saturated carbocycles. The number of carbonyl (C=O) groups excluding carboxylic acids is 1. The Morgan fingerprint density at radius 1 is 1.16 bits per heavy atom. The number of amides is 1. The number of aliphatic hydroxyl groups excluding tert-OH is 1. The van der Waals surface area contributed by atoms with Gasteiger partial charge < -0.3 is 20.3 Å². The minimum Gasteiger partial charge on any atom is -0.491 e. The maximum absolute atomic E-state index is 13.4. The Bertz CT molecular complexity index is 970. The molecular weight excluding hydrogens is 419 g/mol. The van der Waals surface area contributed by atoms with Gasteiger partial charge in [-0.3, -0.25) is 19.1 Å². The fraction of sp³-hybridized carbons (Fsp3) is 0.400. The van der Waals surface area contributed by atoms with Gasteiger partial charge in [0, 0.05) is 25.3 Å². The summed E-state index contributed by atoms with van der Waals surface area (Å²) in [6.45, 7) is 3.03. The predicted molar refractivity (Wildman–Crippen MR) is 104 cm³/mol. The largest absolute Gasteiger partial charge is 0.491 e. The molecule has 1 atom stereocenters. The summed E-state index contributed by atoms with van der Waals surface area (Å²) in [5.74, 6) is -0.820. The van der Waals surface area contributed by atoms with E-state index >= 15 is 0 Å². The van der Waals surface area contributed by atoms with Gasteiger partial charge in [0.15, 0.2) is 0 Å². The van der Waals surface area contributed by atoms with Crippen LogP contribution in [-0.2, 0) is 10.9 Å². The zero-order valence-electron chi connectivity index (χ0n) is 16.5. The highest BCUT2D eigenvalue weighted by molar-refractivity contribution is 5.92. The van der Waals surface area contributed by atoms with Crippen molar-refractivity contribution < 1.29 is 32.5 Å². The number of carbonyl (C=O) groups is 1. The van der Waals surface area contributed by atoms with Crippen LogP contribution in [0.1, 0.15) is 16.1 Å². The van der Waals surface area contributed by atoms with Gasteiger partial charge in [-0.05, 0) is 36.4 Å². The van der Waals surface area contributed by atoms with Gasteiger partial charge in [0.1, 0.15) is 29.7 Å². The Hall–Kier alpha value is -2.89. The molecule has 1 aromatic heterocycles. The first-order valence-corrected chi connectivity index (χ1v) is 9.51. The normalized spacial score (nSPS) is 16.1. The number of hydrogen-bond donors (Lipinski definition) is 2. The Kier molecular flexibility index (Phi) is 6.98. The number of aliphatic hydroxyl groups is 1. The van der Waals surface area contributed by atoms with Gasteiger partial charge in [-0.15, -0.1) is 0 Å². The quantitative estimate of drug-likeness (QED) is 0.665. The fourth-order valence-electron chi connectivity index (χ4n) is 3.22. The lowest BCUT2D eigenvalue weighted by molar-refractivity contribution is -0.142. The van der Waals surface area contributed by atoms with E-state index in [1.165, 1.54) is 24.3 Å². The molecule has 31 heavy (non-hydrogen) atoms. The Morgan fingerprint density at radius 2 is 1.81 bits per heavy atom. The van der Waals surface area contributed by atoms with Gasteiger partial charge in [-0.25, -0.2) is 0 Å². The number of halogens is 3. The van der Waals surface area contributed by atoms with E-state index in [1.807, 2.05) is 4.90 Å². The number of β-amino-alcohol motifs (C(OH)–C–C–N with tert-alkyl or cyclic N) is 1. The van der Waals surface area contributed by atoms with E-state index in [9.17, 15) is 27.9 Å². The molecule has 1 fully saturated rings. The zero-order chi connectivity index (χ0) is 22.6. The molecule has 3 rings (SSSR count). The van der Waals surface area contributed by atoms with Gasteiger partial charge in [-0.1, -0.05) is 0 Å². The number of benzene rings is 1. The Labute approximate surface area is 175 Å². The molecule has 8 nitrogen and oxygen atoms in total. The smallest absolute Gasteiger partial charge is 0.431 e. The van der Waals surface area contributed by atoms with Crippen LogP contribution in [0, 0.1) is 0 Å².